The second-order valence-corrected chi connectivity index (χ2v) is 6.09. The molecule has 2 heterocycles. The van der Waals surface area contributed by atoms with Gasteiger partial charge in [-0.1, -0.05) is 12.1 Å². The molecule has 1 amide bonds. The van der Waals surface area contributed by atoms with Crippen LogP contribution in [0.3, 0.4) is 0 Å². The van der Waals surface area contributed by atoms with Crippen LogP contribution in [0, 0.1) is 11.2 Å². The molecule has 2 aliphatic heterocycles. The van der Waals surface area contributed by atoms with Crippen LogP contribution in [0.4, 0.5) is 4.39 Å². The number of likely N-dealkylation sites (tertiary alicyclic amines) is 1. The Balaban J connectivity index is 1.77. The van der Waals surface area contributed by atoms with Gasteiger partial charge in [-0.15, -0.1) is 0 Å². The van der Waals surface area contributed by atoms with Crippen LogP contribution in [0.25, 0.3) is 0 Å². The number of hydrogen-bond donors (Lipinski definition) is 1. The first kappa shape index (κ1) is 13.6. The van der Waals surface area contributed by atoms with E-state index in [1.54, 1.807) is 18.2 Å². The number of hydrogen-bond acceptors (Lipinski definition) is 2. The molecule has 0 bridgehead atoms. The van der Waals surface area contributed by atoms with E-state index < -0.39 is 5.82 Å². The number of nitrogens with zero attached hydrogens (tertiary/aromatic N) is 1. The molecule has 0 radical (unpaired) electrons. The highest BCUT2D eigenvalue weighted by Crippen LogP contribution is 2.36. The second kappa shape index (κ2) is 5.52. The number of carbonyl (C=O) groups excluding carboxylic acids is 1. The number of rotatable bonds is 1. The third kappa shape index (κ3) is 2.57. The van der Waals surface area contributed by atoms with Gasteiger partial charge >= 0.3 is 0 Å². The number of halogens is 1. The number of piperidine rings is 2. The Morgan fingerprint density at radius 3 is 2.80 bits per heavy atom. The summed E-state index contributed by atoms with van der Waals surface area (Å²) in [5, 5.41) is 3.44. The molecule has 20 heavy (non-hydrogen) atoms. The van der Waals surface area contributed by atoms with Gasteiger partial charge in [0.25, 0.3) is 5.91 Å². The van der Waals surface area contributed by atoms with Crippen molar-refractivity contribution in [2.45, 2.75) is 25.7 Å². The predicted octanol–water partition coefficient (Wildman–Crippen LogP) is 2.43. The highest BCUT2D eigenvalue weighted by Gasteiger charge is 2.38. The first-order valence-corrected chi connectivity index (χ1v) is 7.45. The normalized spacial score (nSPS) is 26.8. The van der Waals surface area contributed by atoms with Crippen molar-refractivity contribution in [2.24, 2.45) is 5.41 Å². The fraction of sp³-hybridized carbons (Fsp3) is 0.562. The summed E-state index contributed by atoms with van der Waals surface area (Å²) in [6, 6.07) is 6.28. The molecule has 4 heteroatoms. The van der Waals surface area contributed by atoms with Crippen molar-refractivity contribution in [3.05, 3.63) is 35.6 Å². The minimum Gasteiger partial charge on any atom is -0.338 e. The van der Waals surface area contributed by atoms with E-state index in [4.69, 9.17) is 0 Å². The molecule has 0 saturated carbocycles. The average molecular weight is 276 g/mol. The van der Waals surface area contributed by atoms with Crippen molar-refractivity contribution in [1.29, 1.82) is 0 Å². The maximum absolute atomic E-state index is 13.8. The second-order valence-electron chi connectivity index (χ2n) is 6.09. The molecule has 2 saturated heterocycles. The summed E-state index contributed by atoms with van der Waals surface area (Å²) in [7, 11) is 0. The van der Waals surface area contributed by atoms with Crippen LogP contribution in [0.2, 0.25) is 0 Å². The number of carbonyl (C=O) groups is 1. The average Bonchev–Trinajstić information content (AvgIpc) is 2.48. The molecule has 1 aromatic carbocycles. The van der Waals surface area contributed by atoms with E-state index in [0.717, 1.165) is 32.6 Å². The Labute approximate surface area is 119 Å². The van der Waals surface area contributed by atoms with Crippen LogP contribution < -0.4 is 5.32 Å². The van der Waals surface area contributed by atoms with Gasteiger partial charge in [0.05, 0.1) is 5.56 Å². The summed E-state index contributed by atoms with van der Waals surface area (Å²) in [6.07, 6.45) is 4.52. The molecule has 3 nitrogen and oxygen atoms in total. The van der Waals surface area contributed by atoms with Crippen molar-refractivity contribution >= 4 is 5.91 Å². The first-order valence-electron chi connectivity index (χ1n) is 7.45. The largest absolute Gasteiger partial charge is 0.338 e. The van der Waals surface area contributed by atoms with E-state index in [1.165, 1.54) is 25.3 Å². The Bertz CT molecular complexity index is 491. The topological polar surface area (TPSA) is 32.3 Å². The van der Waals surface area contributed by atoms with E-state index in [0.29, 0.717) is 0 Å². The third-order valence-electron chi connectivity index (χ3n) is 4.61. The van der Waals surface area contributed by atoms with Crippen LogP contribution in [-0.2, 0) is 0 Å². The van der Waals surface area contributed by atoms with Crippen molar-refractivity contribution in [3.63, 3.8) is 0 Å². The van der Waals surface area contributed by atoms with Crippen molar-refractivity contribution < 1.29 is 9.18 Å². The number of benzene rings is 1. The Morgan fingerprint density at radius 1 is 1.25 bits per heavy atom. The lowest BCUT2D eigenvalue weighted by Gasteiger charge is -2.45. The Hall–Kier alpha value is -1.42. The van der Waals surface area contributed by atoms with Gasteiger partial charge in [-0.3, -0.25) is 4.79 Å². The van der Waals surface area contributed by atoms with Gasteiger partial charge in [0.1, 0.15) is 5.82 Å². The summed E-state index contributed by atoms with van der Waals surface area (Å²) >= 11 is 0. The molecule has 1 atom stereocenters. The molecule has 1 aromatic rings. The standard InChI is InChI=1S/C16H21FN2O/c17-14-6-2-1-5-13(14)15(20)19-10-4-8-16(12-19)7-3-9-18-11-16/h1-2,5-6,18H,3-4,7-12H2/t16-/m1/s1. The van der Waals surface area contributed by atoms with Gasteiger partial charge in [0.15, 0.2) is 0 Å². The summed E-state index contributed by atoms with van der Waals surface area (Å²) in [4.78, 5) is 14.4. The minimum atomic E-state index is -0.418. The van der Waals surface area contributed by atoms with Gasteiger partial charge in [-0.25, -0.2) is 4.39 Å². The lowest BCUT2D eigenvalue weighted by molar-refractivity contribution is 0.0430. The predicted molar refractivity (Wildman–Crippen MR) is 76.1 cm³/mol. The Kier molecular flexibility index (Phi) is 3.74. The third-order valence-corrected chi connectivity index (χ3v) is 4.61. The van der Waals surface area contributed by atoms with Gasteiger partial charge < -0.3 is 10.2 Å². The number of nitrogens with one attached hydrogen (secondary N) is 1. The first-order chi connectivity index (χ1) is 9.70. The van der Waals surface area contributed by atoms with E-state index in [-0.39, 0.29) is 16.9 Å². The Morgan fingerprint density at radius 2 is 2.05 bits per heavy atom. The molecule has 2 aliphatic rings. The molecule has 1 spiro atoms. The highest BCUT2D eigenvalue weighted by atomic mass is 19.1. The summed E-state index contributed by atoms with van der Waals surface area (Å²) in [5.74, 6) is -0.577. The quantitative estimate of drug-likeness (QED) is 0.854. The van der Waals surface area contributed by atoms with Crippen LogP contribution >= 0.6 is 0 Å². The van der Waals surface area contributed by atoms with E-state index in [2.05, 4.69) is 5.32 Å². The molecule has 3 rings (SSSR count). The van der Waals surface area contributed by atoms with Crippen molar-refractivity contribution in [3.8, 4) is 0 Å². The van der Waals surface area contributed by atoms with E-state index in [1.807, 2.05) is 4.90 Å². The number of amides is 1. The fourth-order valence-corrected chi connectivity index (χ4v) is 3.56. The van der Waals surface area contributed by atoms with E-state index in [9.17, 15) is 9.18 Å². The molecular formula is C16H21FN2O. The zero-order valence-corrected chi connectivity index (χ0v) is 11.7. The molecule has 0 aliphatic carbocycles. The van der Waals surface area contributed by atoms with E-state index >= 15 is 0 Å². The molecule has 108 valence electrons. The summed E-state index contributed by atoms with van der Waals surface area (Å²) < 4.78 is 13.8. The van der Waals surface area contributed by atoms with Crippen LogP contribution in [0.15, 0.2) is 24.3 Å². The monoisotopic (exact) mass is 276 g/mol. The van der Waals surface area contributed by atoms with Gasteiger partial charge in [-0.2, -0.15) is 0 Å². The molecule has 1 N–H and O–H groups in total. The maximum Gasteiger partial charge on any atom is 0.256 e. The van der Waals surface area contributed by atoms with Crippen LogP contribution in [-0.4, -0.2) is 37.0 Å². The summed E-state index contributed by atoms with van der Waals surface area (Å²) in [5.41, 5.74) is 0.408. The molecule has 2 fully saturated rings. The maximum atomic E-state index is 13.8. The van der Waals surface area contributed by atoms with Gasteiger partial charge in [0.2, 0.25) is 0 Å². The highest BCUT2D eigenvalue weighted by molar-refractivity contribution is 5.94. The SMILES string of the molecule is O=C(c1ccccc1F)N1CCC[C@@]2(CCCNC2)C1. The molecule has 0 aromatic heterocycles. The molecular weight excluding hydrogens is 255 g/mol. The fourth-order valence-electron chi connectivity index (χ4n) is 3.56. The smallest absolute Gasteiger partial charge is 0.256 e. The van der Waals surface area contributed by atoms with Gasteiger partial charge in [-0.05, 0) is 44.4 Å². The van der Waals surface area contributed by atoms with Crippen molar-refractivity contribution in [1.82, 2.24) is 10.2 Å². The zero-order valence-electron chi connectivity index (χ0n) is 11.7. The van der Waals surface area contributed by atoms with Gasteiger partial charge in [0, 0.05) is 25.0 Å². The molecule has 0 unspecified atom stereocenters. The van der Waals surface area contributed by atoms with Crippen LogP contribution in [0.1, 0.15) is 36.0 Å². The lowest BCUT2D eigenvalue weighted by Crippen LogP contribution is -2.52. The minimum absolute atomic E-state index is 0.159. The van der Waals surface area contributed by atoms with Crippen LogP contribution in [0.5, 0.6) is 0 Å². The van der Waals surface area contributed by atoms with Crippen molar-refractivity contribution in [2.75, 3.05) is 26.2 Å². The lowest BCUT2D eigenvalue weighted by atomic mass is 9.74. The summed E-state index contributed by atoms with van der Waals surface area (Å²) in [6.45, 7) is 3.55. The zero-order chi connectivity index (χ0) is 14.0.